The summed E-state index contributed by atoms with van der Waals surface area (Å²) in [5.41, 5.74) is 8.25. The predicted octanol–water partition coefficient (Wildman–Crippen LogP) is 1.57. The third kappa shape index (κ3) is 2.25. The number of imidazole rings is 2. The lowest BCUT2D eigenvalue weighted by Crippen LogP contribution is -2.11. The second kappa shape index (κ2) is 4.97. The van der Waals surface area contributed by atoms with E-state index in [0.29, 0.717) is 11.5 Å². The summed E-state index contributed by atoms with van der Waals surface area (Å²) in [6.45, 7) is 3.21. The molecule has 1 unspecified atom stereocenters. The fraction of sp³-hybridized carbons (Fsp3) is 0.286. The van der Waals surface area contributed by atoms with Gasteiger partial charge in [0, 0.05) is 31.2 Å². The average molecular weight is 271 g/mol. The quantitative estimate of drug-likeness (QED) is 0.706. The molecule has 6 nitrogen and oxygen atoms in total. The standard InChI is InChI=1S/C14H17N5O/c1-10(20)14-17-12-8-11(15)2-3-13(12)19(14)7-6-18-5-4-16-9-18/h2-5,8-10,20H,6-7,15H2,1H3. The lowest BCUT2D eigenvalue weighted by molar-refractivity contribution is 0.184. The molecule has 0 aliphatic carbocycles. The molecule has 3 aromatic rings. The molecule has 0 saturated carbocycles. The maximum Gasteiger partial charge on any atom is 0.138 e. The van der Waals surface area contributed by atoms with Gasteiger partial charge in [0.2, 0.25) is 0 Å². The van der Waals surface area contributed by atoms with Crippen molar-refractivity contribution in [3.8, 4) is 0 Å². The molecule has 20 heavy (non-hydrogen) atoms. The molecule has 3 N–H and O–H groups in total. The molecule has 6 heteroatoms. The minimum Gasteiger partial charge on any atom is -0.399 e. The summed E-state index contributed by atoms with van der Waals surface area (Å²) in [6, 6.07) is 5.62. The Labute approximate surface area is 116 Å². The Hall–Kier alpha value is -2.34. The van der Waals surface area contributed by atoms with Crippen LogP contribution in [0.1, 0.15) is 18.9 Å². The van der Waals surface area contributed by atoms with Gasteiger partial charge in [0.1, 0.15) is 11.9 Å². The van der Waals surface area contributed by atoms with E-state index in [-0.39, 0.29) is 0 Å². The zero-order valence-corrected chi connectivity index (χ0v) is 11.3. The van der Waals surface area contributed by atoms with Gasteiger partial charge in [0.05, 0.1) is 17.4 Å². The highest BCUT2D eigenvalue weighted by molar-refractivity contribution is 5.79. The Bertz CT molecular complexity index is 715. The van der Waals surface area contributed by atoms with Gasteiger partial charge in [-0.1, -0.05) is 0 Å². The molecule has 0 amide bonds. The number of rotatable bonds is 4. The molecule has 0 spiro atoms. The van der Waals surface area contributed by atoms with Gasteiger partial charge in [-0.15, -0.1) is 0 Å². The topological polar surface area (TPSA) is 81.9 Å². The number of nitrogen functional groups attached to an aromatic ring is 1. The molecule has 0 radical (unpaired) electrons. The number of aliphatic hydroxyl groups excluding tert-OH is 1. The summed E-state index contributed by atoms with van der Waals surface area (Å²) in [7, 11) is 0. The molecule has 0 fully saturated rings. The highest BCUT2D eigenvalue weighted by atomic mass is 16.3. The number of aliphatic hydroxyl groups is 1. The van der Waals surface area contributed by atoms with Crippen molar-refractivity contribution in [2.45, 2.75) is 26.1 Å². The van der Waals surface area contributed by atoms with Crippen LogP contribution in [0.2, 0.25) is 0 Å². The van der Waals surface area contributed by atoms with Crippen LogP contribution in [0.15, 0.2) is 36.9 Å². The molecule has 1 aromatic carbocycles. The number of anilines is 1. The lowest BCUT2D eigenvalue weighted by atomic mass is 10.3. The Kier molecular flexibility index (Phi) is 3.15. The van der Waals surface area contributed by atoms with Gasteiger partial charge in [-0.2, -0.15) is 0 Å². The number of aryl methyl sites for hydroxylation is 2. The Morgan fingerprint density at radius 3 is 2.90 bits per heavy atom. The monoisotopic (exact) mass is 271 g/mol. The summed E-state index contributed by atoms with van der Waals surface area (Å²) in [5.74, 6) is 0.658. The molecule has 0 aliphatic rings. The number of hydrogen-bond acceptors (Lipinski definition) is 4. The van der Waals surface area contributed by atoms with Crippen LogP contribution in [-0.2, 0) is 13.1 Å². The number of nitrogens with two attached hydrogens (primary N) is 1. The van der Waals surface area contributed by atoms with E-state index in [1.165, 1.54) is 0 Å². The number of nitrogens with zero attached hydrogens (tertiary/aromatic N) is 4. The first-order chi connectivity index (χ1) is 9.65. The molecule has 2 heterocycles. The van der Waals surface area contributed by atoms with Gasteiger partial charge in [0.25, 0.3) is 0 Å². The van der Waals surface area contributed by atoms with E-state index in [1.54, 1.807) is 19.4 Å². The van der Waals surface area contributed by atoms with Gasteiger partial charge < -0.3 is 20.0 Å². The fourth-order valence-electron chi connectivity index (χ4n) is 2.35. The molecule has 0 aliphatic heterocycles. The zero-order chi connectivity index (χ0) is 14.1. The third-order valence-corrected chi connectivity index (χ3v) is 3.32. The summed E-state index contributed by atoms with van der Waals surface area (Å²) >= 11 is 0. The first-order valence-electron chi connectivity index (χ1n) is 6.54. The van der Waals surface area contributed by atoms with Crippen molar-refractivity contribution in [2.75, 3.05) is 5.73 Å². The summed E-state index contributed by atoms with van der Waals surface area (Å²) in [6.07, 6.45) is 4.83. The Morgan fingerprint density at radius 1 is 1.35 bits per heavy atom. The molecular weight excluding hydrogens is 254 g/mol. The number of benzene rings is 1. The number of fused-ring (bicyclic) bond motifs is 1. The number of aromatic nitrogens is 4. The molecule has 104 valence electrons. The molecule has 0 saturated heterocycles. The van der Waals surface area contributed by atoms with Gasteiger partial charge in [-0.25, -0.2) is 9.97 Å². The Balaban J connectivity index is 2.00. The van der Waals surface area contributed by atoms with Crippen molar-refractivity contribution >= 4 is 16.7 Å². The van der Waals surface area contributed by atoms with Gasteiger partial charge in [-0.3, -0.25) is 0 Å². The van der Waals surface area contributed by atoms with Crippen LogP contribution in [0, 0.1) is 0 Å². The van der Waals surface area contributed by atoms with Crippen molar-refractivity contribution in [3.05, 3.63) is 42.7 Å². The Morgan fingerprint density at radius 2 is 2.20 bits per heavy atom. The fourth-order valence-corrected chi connectivity index (χ4v) is 2.35. The normalized spacial score (nSPS) is 12.9. The predicted molar refractivity (Wildman–Crippen MR) is 77.0 cm³/mol. The van der Waals surface area contributed by atoms with Crippen molar-refractivity contribution < 1.29 is 5.11 Å². The summed E-state index contributed by atoms with van der Waals surface area (Å²) in [5, 5.41) is 9.90. The van der Waals surface area contributed by atoms with E-state index in [0.717, 1.165) is 24.1 Å². The minimum atomic E-state index is -0.619. The average Bonchev–Trinajstić information content (AvgIpc) is 3.02. The first-order valence-corrected chi connectivity index (χ1v) is 6.54. The van der Waals surface area contributed by atoms with E-state index < -0.39 is 6.10 Å². The van der Waals surface area contributed by atoms with E-state index in [4.69, 9.17) is 5.73 Å². The van der Waals surface area contributed by atoms with Crippen LogP contribution in [0.25, 0.3) is 11.0 Å². The summed E-state index contributed by atoms with van der Waals surface area (Å²) in [4.78, 5) is 8.51. The van der Waals surface area contributed by atoms with Crippen molar-refractivity contribution in [2.24, 2.45) is 0 Å². The lowest BCUT2D eigenvalue weighted by Gasteiger charge is -2.11. The van der Waals surface area contributed by atoms with E-state index >= 15 is 0 Å². The van der Waals surface area contributed by atoms with Gasteiger partial charge in [-0.05, 0) is 25.1 Å². The zero-order valence-electron chi connectivity index (χ0n) is 11.3. The maximum absolute atomic E-state index is 9.90. The molecule has 1 atom stereocenters. The van der Waals surface area contributed by atoms with Crippen molar-refractivity contribution in [3.63, 3.8) is 0 Å². The summed E-state index contributed by atoms with van der Waals surface area (Å²) < 4.78 is 4.02. The van der Waals surface area contributed by atoms with Gasteiger partial charge >= 0.3 is 0 Å². The molecule has 3 rings (SSSR count). The van der Waals surface area contributed by atoms with E-state index in [1.807, 2.05) is 33.5 Å². The van der Waals surface area contributed by atoms with Crippen molar-refractivity contribution in [1.82, 2.24) is 19.1 Å². The van der Waals surface area contributed by atoms with Gasteiger partial charge in [0.15, 0.2) is 0 Å². The SMILES string of the molecule is CC(O)c1nc2cc(N)ccc2n1CCn1ccnc1. The van der Waals surface area contributed by atoms with Crippen LogP contribution in [-0.4, -0.2) is 24.2 Å². The highest BCUT2D eigenvalue weighted by Crippen LogP contribution is 2.22. The van der Waals surface area contributed by atoms with Crippen LogP contribution in [0.3, 0.4) is 0 Å². The van der Waals surface area contributed by atoms with Crippen LogP contribution >= 0.6 is 0 Å². The minimum absolute atomic E-state index is 0.619. The van der Waals surface area contributed by atoms with Crippen LogP contribution in [0.4, 0.5) is 5.69 Å². The smallest absolute Gasteiger partial charge is 0.138 e. The second-order valence-electron chi connectivity index (χ2n) is 4.85. The van der Waals surface area contributed by atoms with Crippen molar-refractivity contribution in [1.29, 1.82) is 0 Å². The molecule has 0 bridgehead atoms. The second-order valence-corrected chi connectivity index (χ2v) is 4.85. The largest absolute Gasteiger partial charge is 0.399 e. The molecule has 2 aromatic heterocycles. The third-order valence-electron chi connectivity index (χ3n) is 3.32. The maximum atomic E-state index is 9.90. The highest BCUT2D eigenvalue weighted by Gasteiger charge is 2.14. The van der Waals surface area contributed by atoms with E-state index in [9.17, 15) is 5.11 Å². The molecular formula is C14H17N5O. The number of hydrogen-bond donors (Lipinski definition) is 2. The van der Waals surface area contributed by atoms with E-state index in [2.05, 4.69) is 9.97 Å². The first kappa shape index (κ1) is 12.7. The van der Waals surface area contributed by atoms with Crippen LogP contribution in [0.5, 0.6) is 0 Å². The van der Waals surface area contributed by atoms with Crippen LogP contribution < -0.4 is 5.73 Å².